The number of methoxy groups -OCH3 is 1. The number of hydrogen-bond acceptors (Lipinski definition) is 4. The molecule has 0 saturated heterocycles. The molecule has 5 heteroatoms. The number of Topliss-reactive ketones (excluding diaryl/α,β-unsaturated/α-hetero) is 1. The van der Waals surface area contributed by atoms with Gasteiger partial charge < -0.3 is 14.2 Å². The Hall–Kier alpha value is -0.750. The number of carbonyl (C=O) groups is 1. The van der Waals surface area contributed by atoms with Crippen molar-refractivity contribution in [1.29, 1.82) is 0 Å². The highest BCUT2D eigenvalue weighted by atomic mass is 79.9. The van der Waals surface area contributed by atoms with Crippen molar-refractivity contribution in [2.75, 3.05) is 40.1 Å². The van der Waals surface area contributed by atoms with Crippen LogP contribution in [0.1, 0.15) is 16.8 Å². The van der Waals surface area contributed by atoms with Crippen molar-refractivity contribution in [2.24, 2.45) is 0 Å². The number of carbonyl (C=O) groups excluding carboxylic acids is 1. The highest BCUT2D eigenvalue weighted by Gasteiger charge is 2.08. The molecule has 1 aromatic carbocycles. The topological polar surface area (TPSA) is 44.8 Å². The maximum absolute atomic E-state index is 11.8. The monoisotopic (exact) mass is 330 g/mol. The van der Waals surface area contributed by atoms with Crippen molar-refractivity contribution in [3.8, 4) is 0 Å². The predicted molar refractivity (Wildman–Crippen MR) is 76.6 cm³/mol. The van der Waals surface area contributed by atoms with Crippen LogP contribution in [-0.2, 0) is 14.2 Å². The van der Waals surface area contributed by atoms with Gasteiger partial charge in [-0.05, 0) is 12.5 Å². The first kappa shape index (κ1) is 16.3. The molecule has 0 aliphatic rings. The molecular weight excluding hydrogens is 312 g/mol. The Morgan fingerprint density at radius 3 is 2.58 bits per heavy atom. The van der Waals surface area contributed by atoms with E-state index in [4.69, 9.17) is 14.2 Å². The van der Waals surface area contributed by atoms with Gasteiger partial charge in [0, 0.05) is 30.4 Å². The molecule has 0 fully saturated rings. The second-order valence-corrected chi connectivity index (χ2v) is 4.77. The van der Waals surface area contributed by atoms with E-state index in [2.05, 4.69) is 15.9 Å². The van der Waals surface area contributed by atoms with Gasteiger partial charge in [0.1, 0.15) is 6.61 Å². The zero-order valence-electron chi connectivity index (χ0n) is 11.1. The van der Waals surface area contributed by atoms with Gasteiger partial charge >= 0.3 is 0 Å². The molecule has 4 nitrogen and oxygen atoms in total. The van der Waals surface area contributed by atoms with Crippen LogP contribution in [0.25, 0.3) is 0 Å². The molecular formula is C14H19BrO4. The van der Waals surface area contributed by atoms with E-state index in [-0.39, 0.29) is 12.4 Å². The van der Waals surface area contributed by atoms with Crippen LogP contribution in [0.5, 0.6) is 0 Å². The van der Waals surface area contributed by atoms with Crippen molar-refractivity contribution in [1.82, 2.24) is 0 Å². The van der Waals surface area contributed by atoms with Crippen LogP contribution in [0.2, 0.25) is 0 Å². The van der Waals surface area contributed by atoms with Gasteiger partial charge in [0.05, 0.1) is 13.2 Å². The summed E-state index contributed by atoms with van der Waals surface area (Å²) in [6.07, 6.45) is 0.771. The smallest absolute Gasteiger partial charge is 0.189 e. The zero-order valence-corrected chi connectivity index (χ0v) is 12.6. The molecule has 0 radical (unpaired) electrons. The lowest BCUT2D eigenvalue weighted by Gasteiger charge is -2.06. The van der Waals surface area contributed by atoms with Gasteiger partial charge in [-0.1, -0.05) is 34.1 Å². The fraction of sp³-hybridized carbons (Fsp3) is 0.500. The number of halogens is 1. The van der Waals surface area contributed by atoms with Gasteiger partial charge in [-0.25, -0.2) is 0 Å². The molecule has 0 aromatic heterocycles. The zero-order chi connectivity index (χ0) is 13.9. The fourth-order valence-electron chi connectivity index (χ4n) is 1.44. The average molecular weight is 331 g/mol. The highest BCUT2D eigenvalue weighted by molar-refractivity contribution is 9.10. The third-order valence-electron chi connectivity index (χ3n) is 2.42. The van der Waals surface area contributed by atoms with Crippen molar-refractivity contribution >= 4 is 21.7 Å². The molecule has 0 atom stereocenters. The lowest BCUT2D eigenvalue weighted by Crippen LogP contribution is -2.12. The van der Waals surface area contributed by atoms with E-state index in [9.17, 15) is 4.79 Å². The molecule has 0 amide bonds. The largest absolute Gasteiger partial charge is 0.382 e. The van der Waals surface area contributed by atoms with Crippen LogP contribution in [0.15, 0.2) is 28.7 Å². The van der Waals surface area contributed by atoms with Gasteiger partial charge in [-0.2, -0.15) is 0 Å². The van der Waals surface area contributed by atoms with Gasteiger partial charge in [0.2, 0.25) is 0 Å². The minimum absolute atomic E-state index is 0.0206. The third-order valence-corrected chi connectivity index (χ3v) is 3.11. The van der Waals surface area contributed by atoms with Gasteiger partial charge in [0.15, 0.2) is 5.78 Å². The number of ketones is 1. The molecule has 106 valence electrons. The van der Waals surface area contributed by atoms with Crippen molar-refractivity contribution < 1.29 is 19.0 Å². The minimum atomic E-state index is -0.0206. The maximum atomic E-state index is 11.8. The lowest BCUT2D eigenvalue weighted by atomic mass is 10.1. The van der Waals surface area contributed by atoms with Crippen LogP contribution >= 0.6 is 15.9 Å². The van der Waals surface area contributed by atoms with Gasteiger partial charge in [-0.15, -0.1) is 0 Å². The van der Waals surface area contributed by atoms with E-state index in [0.29, 0.717) is 32.0 Å². The third kappa shape index (κ3) is 6.82. The van der Waals surface area contributed by atoms with Crippen LogP contribution in [0.3, 0.4) is 0 Å². The Labute approximate surface area is 122 Å². The van der Waals surface area contributed by atoms with Gasteiger partial charge in [-0.3, -0.25) is 4.79 Å². The van der Waals surface area contributed by atoms with E-state index in [1.807, 2.05) is 18.2 Å². The van der Waals surface area contributed by atoms with Crippen molar-refractivity contribution in [3.05, 3.63) is 34.3 Å². The van der Waals surface area contributed by atoms with Gasteiger partial charge in [0.25, 0.3) is 0 Å². The molecule has 0 aliphatic heterocycles. The summed E-state index contributed by atoms with van der Waals surface area (Å²) >= 11 is 3.35. The molecule has 0 spiro atoms. The first-order valence-corrected chi connectivity index (χ1v) is 6.97. The summed E-state index contributed by atoms with van der Waals surface area (Å²) in [6.45, 7) is 2.42. The maximum Gasteiger partial charge on any atom is 0.189 e. The predicted octanol–water partition coefficient (Wildman–Crippen LogP) is 2.70. The van der Waals surface area contributed by atoms with Crippen LogP contribution in [-0.4, -0.2) is 45.9 Å². The summed E-state index contributed by atoms with van der Waals surface area (Å²) in [5, 5.41) is 0. The van der Waals surface area contributed by atoms with E-state index >= 15 is 0 Å². The number of ether oxygens (including phenoxy) is 3. The Kier molecular flexibility index (Phi) is 8.66. The molecule has 19 heavy (non-hydrogen) atoms. The molecule has 0 aliphatic carbocycles. The number of rotatable bonds is 10. The average Bonchev–Trinajstić information content (AvgIpc) is 2.42. The summed E-state index contributed by atoms with van der Waals surface area (Å²) in [5.74, 6) is -0.0206. The van der Waals surface area contributed by atoms with Crippen molar-refractivity contribution in [3.63, 3.8) is 0 Å². The molecule has 0 bridgehead atoms. The van der Waals surface area contributed by atoms with Crippen molar-refractivity contribution in [2.45, 2.75) is 6.42 Å². The number of hydrogen-bond donors (Lipinski definition) is 0. The SMILES string of the molecule is COCCOCCCOCC(=O)c1ccccc1Br. The minimum Gasteiger partial charge on any atom is -0.382 e. The summed E-state index contributed by atoms with van der Waals surface area (Å²) in [6, 6.07) is 7.33. The second kappa shape index (κ2) is 10.1. The first-order valence-electron chi connectivity index (χ1n) is 6.18. The molecule has 1 aromatic rings. The van der Waals surface area contributed by atoms with E-state index < -0.39 is 0 Å². The summed E-state index contributed by atoms with van der Waals surface area (Å²) in [7, 11) is 1.64. The summed E-state index contributed by atoms with van der Waals surface area (Å²) in [5.41, 5.74) is 0.652. The van der Waals surface area contributed by atoms with Crippen LogP contribution < -0.4 is 0 Å². The Bertz CT molecular complexity index is 381. The van der Waals surface area contributed by atoms with E-state index in [1.165, 1.54) is 0 Å². The normalized spacial score (nSPS) is 10.6. The van der Waals surface area contributed by atoms with E-state index in [1.54, 1.807) is 13.2 Å². The second-order valence-electron chi connectivity index (χ2n) is 3.91. The first-order chi connectivity index (χ1) is 9.25. The highest BCUT2D eigenvalue weighted by Crippen LogP contribution is 2.16. The van der Waals surface area contributed by atoms with E-state index in [0.717, 1.165) is 10.9 Å². The lowest BCUT2D eigenvalue weighted by molar-refractivity contribution is 0.0488. The Morgan fingerprint density at radius 1 is 1.11 bits per heavy atom. The van der Waals surface area contributed by atoms with Crippen LogP contribution in [0.4, 0.5) is 0 Å². The molecule has 1 rings (SSSR count). The molecule has 0 N–H and O–H groups in total. The Balaban J connectivity index is 2.10. The standard InChI is InChI=1S/C14H19BrO4/c1-17-9-10-18-7-4-8-19-11-14(16)12-5-2-3-6-13(12)15/h2-3,5-6H,4,7-11H2,1H3. The Morgan fingerprint density at radius 2 is 1.84 bits per heavy atom. The molecule has 0 saturated carbocycles. The summed E-state index contributed by atoms with van der Waals surface area (Å²) in [4.78, 5) is 11.8. The van der Waals surface area contributed by atoms with Crippen LogP contribution in [0, 0.1) is 0 Å². The quantitative estimate of drug-likeness (QED) is 0.488. The number of benzene rings is 1. The summed E-state index contributed by atoms with van der Waals surface area (Å²) < 4.78 is 16.3. The molecule has 0 heterocycles. The fourth-order valence-corrected chi connectivity index (χ4v) is 1.94. The molecule has 0 unspecified atom stereocenters.